The zero-order chi connectivity index (χ0) is 26.3. The molecule has 1 aliphatic heterocycles. The summed E-state index contributed by atoms with van der Waals surface area (Å²) < 4.78 is 3.71. The molecule has 0 radical (unpaired) electrons. The maximum atomic E-state index is 11.4. The number of aryl methyl sites for hydroxylation is 3. The number of pyridine rings is 1. The Morgan fingerprint density at radius 3 is 2.50 bits per heavy atom. The number of hydrogen-bond acceptors (Lipinski definition) is 5. The first-order valence-electron chi connectivity index (χ1n) is 13.4. The van der Waals surface area contributed by atoms with Crippen molar-refractivity contribution in [1.29, 1.82) is 0 Å². The van der Waals surface area contributed by atoms with Crippen LogP contribution in [0.2, 0.25) is 0 Å². The Kier molecular flexibility index (Phi) is 7.56. The number of hydrogen-bond donors (Lipinski definition) is 2. The molecule has 7 nitrogen and oxygen atoms in total. The molecule has 8 heteroatoms. The number of nitrogens with zero attached hydrogens (tertiary/aromatic N) is 4. The van der Waals surface area contributed by atoms with Gasteiger partial charge in [-0.05, 0) is 70.8 Å². The van der Waals surface area contributed by atoms with Gasteiger partial charge in [0, 0.05) is 36.5 Å². The van der Waals surface area contributed by atoms with Crippen LogP contribution in [0.25, 0.3) is 21.3 Å². The molecular weight excluding hydrogens is 470 g/mol. The fraction of sp³-hybridized carbons (Fsp3) is 0.679. The molecule has 0 bridgehead atoms. The van der Waals surface area contributed by atoms with Gasteiger partial charge in [0.15, 0.2) is 5.82 Å². The van der Waals surface area contributed by atoms with E-state index < -0.39 is 6.09 Å². The largest absolute Gasteiger partial charge is 0.465 e. The third-order valence-corrected chi connectivity index (χ3v) is 8.70. The number of rotatable bonds is 8. The average molecular weight is 514 g/mol. The van der Waals surface area contributed by atoms with E-state index in [2.05, 4.69) is 64.4 Å². The summed E-state index contributed by atoms with van der Waals surface area (Å²) in [4.78, 5) is 24.4. The number of amides is 1. The number of imidazole rings is 1. The lowest BCUT2D eigenvalue weighted by Crippen LogP contribution is -2.41. The zero-order valence-corrected chi connectivity index (χ0v) is 23.9. The van der Waals surface area contributed by atoms with Crippen molar-refractivity contribution in [1.82, 2.24) is 19.4 Å². The van der Waals surface area contributed by atoms with Crippen molar-refractivity contribution in [2.45, 2.75) is 99.1 Å². The van der Waals surface area contributed by atoms with Gasteiger partial charge in [0.05, 0.1) is 15.7 Å². The van der Waals surface area contributed by atoms with E-state index in [4.69, 9.17) is 9.97 Å². The average Bonchev–Trinajstić information content (AvgIpc) is 3.35. The Morgan fingerprint density at radius 2 is 1.89 bits per heavy atom. The molecule has 1 amide bonds. The minimum absolute atomic E-state index is 0.112. The van der Waals surface area contributed by atoms with Crippen molar-refractivity contribution in [3.05, 3.63) is 16.8 Å². The van der Waals surface area contributed by atoms with E-state index in [1.807, 2.05) is 11.3 Å². The summed E-state index contributed by atoms with van der Waals surface area (Å²) in [6, 6.07) is 2.19. The van der Waals surface area contributed by atoms with Crippen molar-refractivity contribution >= 4 is 44.5 Å². The number of carboxylic acid groups (broad SMARTS) is 1. The minimum atomic E-state index is -0.791. The number of piperidine rings is 1. The van der Waals surface area contributed by atoms with Crippen LogP contribution >= 0.6 is 11.3 Å². The standard InChI is InChI=1S/C28H43N5O2S/c1-8-9-10-21-30-22-23(24-20(17-18(2)36-24)29-25(22)31-27(3,4)5)33(21)16-13-28(6,7)19-11-14-32(15-12-19)26(34)35/h17,19H,8-16H2,1-7H3,(H,29,31)(H,34,35). The normalized spacial score (nSPS) is 15.8. The zero-order valence-electron chi connectivity index (χ0n) is 23.1. The lowest BCUT2D eigenvalue weighted by Gasteiger charge is -2.40. The first kappa shape index (κ1) is 26.7. The van der Waals surface area contributed by atoms with Gasteiger partial charge < -0.3 is 19.9 Å². The Labute approximate surface area is 219 Å². The summed E-state index contributed by atoms with van der Waals surface area (Å²) in [6.45, 7) is 17.8. The Morgan fingerprint density at radius 1 is 1.19 bits per heavy atom. The third-order valence-electron chi connectivity index (χ3n) is 7.65. The van der Waals surface area contributed by atoms with Gasteiger partial charge in [-0.1, -0.05) is 27.2 Å². The van der Waals surface area contributed by atoms with Gasteiger partial charge in [-0.15, -0.1) is 11.3 Å². The molecule has 4 heterocycles. The molecule has 1 saturated heterocycles. The second-order valence-electron chi connectivity index (χ2n) is 12.2. The van der Waals surface area contributed by atoms with Gasteiger partial charge >= 0.3 is 6.09 Å². The van der Waals surface area contributed by atoms with Gasteiger partial charge in [-0.2, -0.15) is 0 Å². The fourth-order valence-electron chi connectivity index (χ4n) is 5.49. The lowest BCUT2D eigenvalue weighted by atomic mass is 9.71. The predicted octanol–water partition coefficient (Wildman–Crippen LogP) is 7.31. The second kappa shape index (κ2) is 10.2. The molecule has 0 saturated carbocycles. The molecule has 3 aromatic heterocycles. The maximum absolute atomic E-state index is 11.4. The molecule has 36 heavy (non-hydrogen) atoms. The van der Waals surface area contributed by atoms with Crippen LogP contribution in [0.5, 0.6) is 0 Å². The number of fused-ring (bicyclic) bond motifs is 3. The molecule has 2 N–H and O–H groups in total. The van der Waals surface area contributed by atoms with Crippen molar-refractivity contribution in [3.63, 3.8) is 0 Å². The Bertz CT molecular complexity index is 1230. The van der Waals surface area contributed by atoms with Crippen LogP contribution in [0, 0.1) is 18.3 Å². The van der Waals surface area contributed by atoms with E-state index in [-0.39, 0.29) is 11.0 Å². The molecule has 0 spiro atoms. The number of thiophene rings is 1. The van der Waals surface area contributed by atoms with Crippen molar-refractivity contribution < 1.29 is 9.90 Å². The van der Waals surface area contributed by atoms with Crippen LogP contribution in [0.3, 0.4) is 0 Å². The minimum Gasteiger partial charge on any atom is -0.465 e. The molecule has 0 aliphatic carbocycles. The van der Waals surface area contributed by atoms with Crippen LogP contribution < -0.4 is 5.32 Å². The number of carbonyl (C=O) groups is 1. The van der Waals surface area contributed by atoms with E-state index in [1.165, 1.54) is 15.1 Å². The van der Waals surface area contributed by atoms with E-state index in [0.29, 0.717) is 19.0 Å². The second-order valence-corrected chi connectivity index (χ2v) is 13.4. The van der Waals surface area contributed by atoms with Crippen molar-refractivity contribution in [2.24, 2.45) is 11.3 Å². The fourth-order valence-corrected chi connectivity index (χ4v) is 6.49. The topological polar surface area (TPSA) is 83.3 Å². The molecule has 1 fully saturated rings. The SMILES string of the molecule is CCCCc1nc2c(NC(C)(C)C)nc3cc(C)sc3c2n1CCC(C)(C)C1CCN(C(=O)O)CC1. The summed E-state index contributed by atoms with van der Waals surface area (Å²) in [5.41, 5.74) is 3.25. The maximum Gasteiger partial charge on any atom is 0.407 e. The van der Waals surface area contributed by atoms with Gasteiger partial charge in [-0.25, -0.2) is 14.8 Å². The van der Waals surface area contributed by atoms with E-state index >= 15 is 0 Å². The lowest BCUT2D eigenvalue weighted by molar-refractivity contribution is 0.0819. The summed E-state index contributed by atoms with van der Waals surface area (Å²) in [7, 11) is 0. The van der Waals surface area contributed by atoms with Crippen molar-refractivity contribution in [3.8, 4) is 0 Å². The van der Waals surface area contributed by atoms with E-state index in [0.717, 1.165) is 67.7 Å². The van der Waals surface area contributed by atoms with Gasteiger partial charge in [0.2, 0.25) is 0 Å². The number of aromatic nitrogens is 3. The summed E-state index contributed by atoms with van der Waals surface area (Å²) in [5, 5.41) is 13.0. The van der Waals surface area contributed by atoms with Crippen LogP contribution in [-0.2, 0) is 13.0 Å². The van der Waals surface area contributed by atoms with Crippen LogP contribution in [-0.4, -0.2) is 49.3 Å². The molecular formula is C28H43N5O2S. The van der Waals surface area contributed by atoms with Crippen molar-refractivity contribution in [2.75, 3.05) is 18.4 Å². The first-order chi connectivity index (χ1) is 16.9. The molecule has 3 aromatic rings. The van der Waals surface area contributed by atoms with Crippen LogP contribution in [0.1, 0.15) is 84.3 Å². The third kappa shape index (κ3) is 5.63. The number of anilines is 1. The summed E-state index contributed by atoms with van der Waals surface area (Å²) in [5.74, 6) is 2.55. The molecule has 0 atom stereocenters. The molecule has 0 aromatic carbocycles. The van der Waals surface area contributed by atoms with Crippen LogP contribution in [0.4, 0.5) is 10.6 Å². The molecule has 1 aliphatic rings. The Hall–Kier alpha value is -2.35. The van der Waals surface area contributed by atoms with E-state index in [1.54, 1.807) is 4.90 Å². The highest BCUT2D eigenvalue weighted by Gasteiger charge is 2.34. The number of likely N-dealkylation sites (tertiary alicyclic amines) is 1. The monoisotopic (exact) mass is 513 g/mol. The smallest absolute Gasteiger partial charge is 0.407 e. The van der Waals surface area contributed by atoms with Crippen LogP contribution in [0.15, 0.2) is 6.07 Å². The number of unbranched alkanes of at least 4 members (excludes halogenated alkanes) is 1. The predicted molar refractivity (Wildman–Crippen MR) is 150 cm³/mol. The molecule has 4 rings (SSSR count). The quantitative estimate of drug-likeness (QED) is 0.330. The Balaban J connectivity index is 1.72. The number of nitrogens with one attached hydrogen (secondary N) is 1. The van der Waals surface area contributed by atoms with Gasteiger partial charge in [0.1, 0.15) is 11.3 Å². The summed E-state index contributed by atoms with van der Waals surface area (Å²) >= 11 is 1.81. The van der Waals surface area contributed by atoms with Gasteiger partial charge in [0.25, 0.3) is 0 Å². The highest BCUT2D eigenvalue weighted by Crippen LogP contribution is 2.40. The first-order valence-corrected chi connectivity index (χ1v) is 14.3. The highest BCUT2D eigenvalue weighted by atomic mass is 32.1. The van der Waals surface area contributed by atoms with Gasteiger partial charge in [-0.3, -0.25) is 0 Å². The highest BCUT2D eigenvalue weighted by molar-refractivity contribution is 7.19. The molecule has 198 valence electrons. The molecule has 0 unspecified atom stereocenters. The van der Waals surface area contributed by atoms with E-state index in [9.17, 15) is 9.90 Å². The summed E-state index contributed by atoms with van der Waals surface area (Å²) in [6.07, 6.45) is 5.32.